The highest BCUT2D eigenvalue weighted by molar-refractivity contribution is 6.74. The summed E-state index contributed by atoms with van der Waals surface area (Å²) in [6.45, 7) is 11.1. The zero-order valence-corrected chi connectivity index (χ0v) is 18.7. The molecule has 1 saturated carbocycles. The van der Waals surface area contributed by atoms with Crippen LogP contribution in [0.4, 0.5) is 0 Å². The largest absolute Gasteiger partial charge is 0.496 e. The van der Waals surface area contributed by atoms with E-state index in [1.165, 1.54) is 11.1 Å². The average molecular weight is 393 g/mol. The van der Waals surface area contributed by atoms with E-state index in [0.29, 0.717) is 11.8 Å². The minimum absolute atomic E-state index is 0.00604. The van der Waals surface area contributed by atoms with Gasteiger partial charge in [-0.1, -0.05) is 32.9 Å². The second-order valence-corrected chi connectivity index (χ2v) is 14.7. The van der Waals surface area contributed by atoms with E-state index in [-0.39, 0.29) is 23.7 Å². The molecule has 1 fully saturated rings. The number of benzene rings is 1. The Labute approximate surface area is 165 Å². The molecule has 1 aromatic carbocycles. The molecule has 4 nitrogen and oxygen atoms in total. The maximum atomic E-state index is 10.7. The van der Waals surface area contributed by atoms with E-state index in [1.807, 2.05) is 12.1 Å². The summed E-state index contributed by atoms with van der Waals surface area (Å²) in [4.78, 5) is 0. The molecule has 3 rings (SSSR count). The van der Waals surface area contributed by atoms with Crippen LogP contribution in [0.25, 0.3) is 0 Å². The molecule has 5 atom stereocenters. The minimum Gasteiger partial charge on any atom is -0.496 e. The number of methoxy groups -OCH3 is 1. The summed E-state index contributed by atoms with van der Waals surface area (Å²) >= 11 is 0. The first-order valence-electron chi connectivity index (χ1n) is 10.2. The van der Waals surface area contributed by atoms with E-state index in [0.717, 1.165) is 25.0 Å². The van der Waals surface area contributed by atoms with Gasteiger partial charge in [-0.2, -0.15) is 0 Å². The van der Waals surface area contributed by atoms with Gasteiger partial charge < -0.3 is 19.4 Å². The molecule has 5 heteroatoms. The van der Waals surface area contributed by atoms with Crippen molar-refractivity contribution in [2.45, 2.75) is 70.4 Å². The van der Waals surface area contributed by atoms with Gasteiger partial charge in [-0.25, -0.2) is 0 Å². The standard InChI is InChI=1S/C22H36O4Si/c1-22(2,3)27(5,6)26-20-12-15-11-16-14(8-7-9-19(16)25-4)10-17(15)21(20)18(24)13-23/h7-9,15,17-18,20-21,23-24H,10-13H2,1-6H3/t15-,17-,18?,20+,21-/m0/s1. The number of rotatable bonds is 5. The lowest BCUT2D eigenvalue weighted by atomic mass is 9.73. The van der Waals surface area contributed by atoms with Crippen LogP contribution in [0.5, 0.6) is 5.75 Å². The van der Waals surface area contributed by atoms with Crippen molar-refractivity contribution in [2.75, 3.05) is 13.7 Å². The Kier molecular flexibility index (Phi) is 5.79. The molecule has 0 amide bonds. The molecule has 0 aromatic heterocycles. The van der Waals surface area contributed by atoms with Crippen molar-refractivity contribution in [3.8, 4) is 5.75 Å². The van der Waals surface area contributed by atoms with Gasteiger partial charge >= 0.3 is 0 Å². The number of hydrogen-bond donors (Lipinski definition) is 2. The van der Waals surface area contributed by atoms with Crippen molar-refractivity contribution in [3.63, 3.8) is 0 Å². The molecule has 1 unspecified atom stereocenters. The van der Waals surface area contributed by atoms with Crippen molar-refractivity contribution >= 4 is 8.32 Å². The molecule has 152 valence electrons. The van der Waals surface area contributed by atoms with Crippen LogP contribution < -0.4 is 4.74 Å². The van der Waals surface area contributed by atoms with Gasteiger partial charge in [-0.15, -0.1) is 0 Å². The van der Waals surface area contributed by atoms with Crippen LogP contribution in [0.2, 0.25) is 18.1 Å². The third kappa shape index (κ3) is 3.84. The van der Waals surface area contributed by atoms with E-state index < -0.39 is 14.4 Å². The lowest BCUT2D eigenvalue weighted by molar-refractivity contribution is -0.0154. The first kappa shape index (κ1) is 20.8. The Bertz CT molecular complexity index is 667. The van der Waals surface area contributed by atoms with E-state index in [1.54, 1.807) is 7.11 Å². The highest BCUT2D eigenvalue weighted by atomic mass is 28.4. The van der Waals surface area contributed by atoms with E-state index in [2.05, 4.69) is 39.9 Å². The monoisotopic (exact) mass is 392 g/mol. The normalized spacial score (nSPS) is 29.2. The number of aliphatic hydroxyl groups excluding tert-OH is 2. The molecule has 27 heavy (non-hydrogen) atoms. The summed E-state index contributed by atoms with van der Waals surface area (Å²) in [6, 6.07) is 6.27. The Morgan fingerprint density at radius 1 is 1.22 bits per heavy atom. The summed E-state index contributed by atoms with van der Waals surface area (Å²) in [7, 11) is -0.216. The Hall–Kier alpha value is -0.883. The predicted molar refractivity (Wildman–Crippen MR) is 111 cm³/mol. The maximum Gasteiger partial charge on any atom is 0.192 e. The fourth-order valence-electron chi connectivity index (χ4n) is 4.84. The van der Waals surface area contributed by atoms with Crippen LogP contribution >= 0.6 is 0 Å². The quantitative estimate of drug-likeness (QED) is 0.749. The van der Waals surface area contributed by atoms with Gasteiger partial charge in [0.2, 0.25) is 0 Å². The first-order valence-corrected chi connectivity index (χ1v) is 13.1. The van der Waals surface area contributed by atoms with Crippen LogP contribution in [0.15, 0.2) is 18.2 Å². The molecule has 0 bridgehead atoms. The lowest BCUT2D eigenvalue weighted by Gasteiger charge is -2.41. The molecule has 2 aliphatic carbocycles. The number of fused-ring (bicyclic) bond motifs is 2. The van der Waals surface area contributed by atoms with Gasteiger partial charge in [0.1, 0.15) is 5.75 Å². The summed E-state index contributed by atoms with van der Waals surface area (Å²) < 4.78 is 12.4. The third-order valence-electron chi connectivity index (χ3n) is 7.32. The van der Waals surface area contributed by atoms with Gasteiger partial charge in [0.15, 0.2) is 8.32 Å². The molecule has 0 heterocycles. The van der Waals surface area contributed by atoms with Gasteiger partial charge in [-0.3, -0.25) is 0 Å². The fourth-order valence-corrected chi connectivity index (χ4v) is 6.20. The lowest BCUT2D eigenvalue weighted by Crippen LogP contribution is -2.47. The second-order valence-electron chi connectivity index (χ2n) is 9.91. The zero-order valence-electron chi connectivity index (χ0n) is 17.7. The van der Waals surface area contributed by atoms with Crippen molar-refractivity contribution in [1.29, 1.82) is 0 Å². The molecule has 2 N–H and O–H groups in total. The van der Waals surface area contributed by atoms with E-state index in [9.17, 15) is 10.2 Å². The minimum atomic E-state index is -1.95. The molecule has 0 spiro atoms. The average Bonchev–Trinajstić information content (AvgIpc) is 2.93. The Morgan fingerprint density at radius 2 is 1.93 bits per heavy atom. The van der Waals surface area contributed by atoms with Crippen LogP contribution in [0, 0.1) is 17.8 Å². The molecule has 1 aromatic rings. The van der Waals surface area contributed by atoms with E-state index in [4.69, 9.17) is 9.16 Å². The summed E-state index contributed by atoms with van der Waals surface area (Å²) in [6.07, 6.45) is 2.15. The van der Waals surface area contributed by atoms with Crippen molar-refractivity contribution in [1.82, 2.24) is 0 Å². The molecule has 2 aliphatic rings. The van der Waals surface area contributed by atoms with Crippen LogP contribution in [0.3, 0.4) is 0 Å². The first-order chi connectivity index (χ1) is 12.6. The predicted octanol–water partition coefficient (Wildman–Crippen LogP) is 3.79. The van der Waals surface area contributed by atoms with Crippen molar-refractivity contribution < 1.29 is 19.4 Å². The fraction of sp³-hybridized carbons (Fsp3) is 0.727. The Morgan fingerprint density at radius 3 is 2.52 bits per heavy atom. The van der Waals surface area contributed by atoms with Gasteiger partial charge in [0, 0.05) is 5.92 Å². The molecule has 0 aliphatic heterocycles. The number of ether oxygens (including phenoxy) is 1. The summed E-state index contributed by atoms with van der Waals surface area (Å²) in [5.74, 6) is 1.78. The summed E-state index contributed by atoms with van der Waals surface area (Å²) in [5, 5.41) is 20.5. The zero-order chi connectivity index (χ0) is 20.0. The maximum absolute atomic E-state index is 10.7. The van der Waals surface area contributed by atoms with Gasteiger partial charge in [0.25, 0.3) is 0 Å². The van der Waals surface area contributed by atoms with E-state index >= 15 is 0 Å². The van der Waals surface area contributed by atoms with Crippen LogP contribution in [0.1, 0.15) is 38.3 Å². The Balaban J connectivity index is 1.90. The summed E-state index contributed by atoms with van der Waals surface area (Å²) in [5.41, 5.74) is 2.63. The van der Waals surface area contributed by atoms with Gasteiger partial charge in [-0.05, 0) is 66.4 Å². The van der Waals surface area contributed by atoms with Crippen LogP contribution in [-0.4, -0.2) is 44.5 Å². The smallest absolute Gasteiger partial charge is 0.192 e. The van der Waals surface area contributed by atoms with Crippen molar-refractivity contribution in [3.05, 3.63) is 29.3 Å². The SMILES string of the molecule is COc1cccc2c1C[C@H]1C[C@@H](O[Si](C)(C)C(C)(C)C)[C@H](C(O)CO)[C@H]1C2. The second kappa shape index (κ2) is 7.51. The highest BCUT2D eigenvalue weighted by Crippen LogP contribution is 2.51. The van der Waals surface area contributed by atoms with Gasteiger partial charge in [0.05, 0.1) is 25.9 Å². The molecule has 0 radical (unpaired) electrons. The molecule has 0 saturated heterocycles. The van der Waals surface area contributed by atoms with Crippen molar-refractivity contribution in [2.24, 2.45) is 17.8 Å². The third-order valence-corrected chi connectivity index (χ3v) is 11.8. The molecular formula is C22H36O4Si. The molecular weight excluding hydrogens is 356 g/mol. The number of hydrogen-bond acceptors (Lipinski definition) is 4. The highest BCUT2D eigenvalue weighted by Gasteiger charge is 2.51. The number of aliphatic hydroxyl groups is 2. The van der Waals surface area contributed by atoms with Crippen LogP contribution in [-0.2, 0) is 17.3 Å². The topological polar surface area (TPSA) is 58.9 Å².